The summed E-state index contributed by atoms with van der Waals surface area (Å²) in [6, 6.07) is 2.34. The molecule has 1 aromatic rings. The average Bonchev–Trinajstić information content (AvgIpc) is 2.96. The monoisotopic (exact) mass is 282 g/mol. The van der Waals surface area contributed by atoms with Crippen LogP contribution < -0.4 is 15.2 Å². The largest absolute Gasteiger partial charge is 0.454 e. The summed E-state index contributed by atoms with van der Waals surface area (Å²) >= 11 is 6.53. The molecule has 1 fully saturated rings. The zero-order valence-corrected chi connectivity index (χ0v) is 12.0. The summed E-state index contributed by atoms with van der Waals surface area (Å²) < 4.78 is 10.9. The highest BCUT2D eigenvalue weighted by molar-refractivity contribution is 6.33. The normalized spacial score (nSPS) is 26.1. The minimum Gasteiger partial charge on any atom is -0.454 e. The number of nitrogens with two attached hydrogens (primary N) is 1. The fraction of sp³-hybridized carbons (Fsp3) is 0.571. The Balaban J connectivity index is 2.01. The average molecular weight is 283 g/mol. The zero-order chi connectivity index (χ0) is 13.6. The molecule has 3 rings (SSSR count). The van der Waals surface area contributed by atoms with E-state index in [0.29, 0.717) is 22.7 Å². The Morgan fingerprint density at radius 3 is 2.95 bits per heavy atom. The Morgan fingerprint density at radius 1 is 1.47 bits per heavy atom. The van der Waals surface area contributed by atoms with Crippen LogP contribution in [0, 0.1) is 12.8 Å². The second-order valence-corrected chi connectivity index (χ2v) is 5.83. The standard InChI is InChI=1S/C14H19ClN2O2/c1-8-3-11-14(19-7-18-11)13(15)12(8)10-4-9(5-16)6-17(10)2/h3,9-10H,4-7,16H2,1-2H3. The molecule has 1 saturated heterocycles. The van der Waals surface area contributed by atoms with Gasteiger partial charge in [-0.3, -0.25) is 4.90 Å². The van der Waals surface area contributed by atoms with Gasteiger partial charge in [-0.1, -0.05) is 11.6 Å². The quantitative estimate of drug-likeness (QED) is 0.904. The first-order valence-electron chi connectivity index (χ1n) is 6.60. The van der Waals surface area contributed by atoms with Crippen LogP contribution in [0.3, 0.4) is 0 Å². The van der Waals surface area contributed by atoms with E-state index >= 15 is 0 Å². The van der Waals surface area contributed by atoms with E-state index < -0.39 is 0 Å². The van der Waals surface area contributed by atoms with Crippen molar-refractivity contribution in [2.75, 3.05) is 26.9 Å². The molecule has 2 aliphatic heterocycles. The van der Waals surface area contributed by atoms with Crippen LogP contribution in [0.4, 0.5) is 0 Å². The number of hydrogen-bond donors (Lipinski definition) is 1. The van der Waals surface area contributed by atoms with Gasteiger partial charge in [-0.25, -0.2) is 0 Å². The number of nitrogens with zero attached hydrogens (tertiary/aromatic N) is 1. The van der Waals surface area contributed by atoms with E-state index in [1.54, 1.807) is 0 Å². The minimum atomic E-state index is 0.254. The van der Waals surface area contributed by atoms with Crippen molar-refractivity contribution in [2.45, 2.75) is 19.4 Å². The molecule has 2 N–H and O–H groups in total. The van der Waals surface area contributed by atoms with Gasteiger partial charge in [0.15, 0.2) is 11.5 Å². The van der Waals surface area contributed by atoms with E-state index in [1.165, 1.54) is 0 Å². The second kappa shape index (κ2) is 4.85. The number of ether oxygens (including phenoxy) is 2. The summed E-state index contributed by atoms with van der Waals surface area (Å²) in [7, 11) is 2.13. The van der Waals surface area contributed by atoms with Gasteiger partial charge in [0, 0.05) is 12.6 Å². The molecule has 1 aromatic carbocycles. The molecular weight excluding hydrogens is 264 g/mol. The summed E-state index contributed by atoms with van der Waals surface area (Å²) in [5.74, 6) is 1.98. The van der Waals surface area contributed by atoms with E-state index in [-0.39, 0.29) is 6.79 Å². The Hall–Kier alpha value is -0.970. The van der Waals surface area contributed by atoms with Crippen LogP contribution in [0.15, 0.2) is 6.07 Å². The fourth-order valence-corrected chi connectivity index (χ4v) is 3.58. The Kier molecular flexibility index (Phi) is 3.33. The van der Waals surface area contributed by atoms with Gasteiger partial charge in [-0.15, -0.1) is 0 Å². The van der Waals surface area contributed by atoms with E-state index in [1.807, 2.05) is 6.07 Å². The van der Waals surface area contributed by atoms with Crippen molar-refractivity contribution in [3.63, 3.8) is 0 Å². The molecule has 0 aliphatic carbocycles. The van der Waals surface area contributed by atoms with Crippen LogP contribution in [0.1, 0.15) is 23.6 Å². The van der Waals surface area contributed by atoms with Crippen LogP contribution in [0.25, 0.3) is 0 Å². The number of fused-ring (bicyclic) bond motifs is 1. The lowest BCUT2D eigenvalue weighted by Gasteiger charge is -2.23. The lowest BCUT2D eigenvalue weighted by atomic mass is 9.95. The molecule has 0 aromatic heterocycles. The summed E-state index contributed by atoms with van der Waals surface area (Å²) in [6.07, 6.45) is 1.05. The van der Waals surface area contributed by atoms with Crippen molar-refractivity contribution in [3.05, 3.63) is 22.2 Å². The van der Waals surface area contributed by atoms with Crippen LogP contribution in [-0.4, -0.2) is 31.8 Å². The third kappa shape index (κ3) is 2.08. The fourth-order valence-electron chi connectivity index (χ4n) is 3.16. The number of halogens is 1. The lowest BCUT2D eigenvalue weighted by molar-refractivity contribution is 0.174. The van der Waals surface area contributed by atoms with Gasteiger partial charge >= 0.3 is 0 Å². The second-order valence-electron chi connectivity index (χ2n) is 5.45. The summed E-state index contributed by atoms with van der Waals surface area (Å²) in [5.41, 5.74) is 8.11. The highest BCUT2D eigenvalue weighted by atomic mass is 35.5. The molecule has 2 heterocycles. The molecule has 4 nitrogen and oxygen atoms in total. The van der Waals surface area contributed by atoms with Crippen molar-refractivity contribution >= 4 is 11.6 Å². The van der Waals surface area contributed by atoms with Crippen molar-refractivity contribution in [3.8, 4) is 11.5 Å². The van der Waals surface area contributed by atoms with Crippen molar-refractivity contribution < 1.29 is 9.47 Å². The molecule has 0 amide bonds. The van der Waals surface area contributed by atoms with Crippen molar-refractivity contribution in [2.24, 2.45) is 11.7 Å². The highest BCUT2D eigenvalue weighted by Gasteiger charge is 2.34. The first-order valence-corrected chi connectivity index (χ1v) is 6.98. The maximum absolute atomic E-state index is 6.53. The molecule has 5 heteroatoms. The molecule has 2 atom stereocenters. The van der Waals surface area contributed by atoms with Crippen LogP contribution in [-0.2, 0) is 0 Å². The summed E-state index contributed by atoms with van der Waals surface area (Å²) in [4.78, 5) is 2.33. The van der Waals surface area contributed by atoms with E-state index in [9.17, 15) is 0 Å². The molecule has 104 valence electrons. The number of aryl methyl sites for hydroxylation is 1. The maximum Gasteiger partial charge on any atom is 0.231 e. The van der Waals surface area contributed by atoms with Gasteiger partial charge in [0.05, 0.1) is 5.02 Å². The Bertz CT molecular complexity index is 507. The number of benzene rings is 1. The Morgan fingerprint density at radius 2 is 2.26 bits per heavy atom. The van der Waals surface area contributed by atoms with Crippen molar-refractivity contribution in [1.29, 1.82) is 0 Å². The van der Waals surface area contributed by atoms with E-state index in [0.717, 1.165) is 36.4 Å². The summed E-state index contributed by atoms with van der Waals surface area (Å²) in [5, 5.41) is 0.696. The molecule has 0 saturated carbocycles. The van der Waals surface area contributed by atoms with Crippen LogP contribution >= 0.6 is 11.6 Å². The molecule has 0 spiro atoms. The molecule has 2 unspecified atom stereocenters. The smallest absolute Gasteiger partial charge is 0.231 e. The Labute approximate surface area is 118 Å². The SMILES string of the molecule is Cc1cc2c(c(Cl)c1C1CC(CN)CN1C)OCO2. The first kappa shape index (κ1) is 13.0. The highest BCUT2D eigenvalue weighted by Crippen LogP contribution is 2.47. The molecule has 0 radical (unpaired) electrons. The maximum atomic E-state index is 6.53. The third-order valence-electron chi connectivity index (χ3n) is 4.15. The predicted molar refractivity (Wildman–Crippen MR) is 74.8 cm³/mol. The van der Waals surface area contributed by atoms with Crippen LogP contribution in [0.5, 0.6) is 11.5 Å². The summed E-state index contributed by atoms with van der Waals surface area (Å²) in [6.45, 7) is 4.07. The van der Waals surface area contributed by atoms with E-state index in [2.05, 4.69) is 18.9 Å². The number of likely N-dealkylation sites (tertiary alicyclic amines) is 1. The van der Waals surface area contributed by atoms with Gasteiger partial charge in [-0.05, 0) is 50.0 Å². The van der Waals surface area contributed by atoms with Gasteiger partial charge in [-0.2, -0.15) is 0 Å². The number of rotatable bonds is 2. The predicted octanol–water partition coefficient (Wildman–Crippen LogP) is 2.33. The van der Waals surface area contributed by atoms with E-state index in [4.69, 9.17) is 26.8 Å². The molecule has 2 aliphatic rings. The van der Waals surface area contributed by atoms with Gasteiger partial charge in [0.2, 0.25) is 6.79 Å². The van der Waals surface area contributed by atoms with Gasteiger partial charge in [0.25, 0.3) is 0 Å². The topological polar surface area (TPSA) is 47.7 Å². The van der Waals surface area contributed by atoms with Crippen LogP contribution in [0.2, 0.25) is 5.02 Å². The molecule has 19 heavy (non-hydrogen) atoms. The first-order chi connectivity index (χ1) is 9.11. The zero-order valence-electron chi connectivity index (χ0n) is 11.3. The lowest BCUT2D eigenvalue weighted by Crippen LogP contribution is -2.21. The third-order valence-corrected chi connectivity index (χ3v) is 4.53. The van der Waals surface area contributed by atoms with Gasteiger partial charge < -0.3 is 15.2 Å². The molecular formula is C14H19ClN2O2. The van der Waals surface area contributed by atoms with Gasteiger partial charge in [0.1, 0.15) is 0 Å². The van der Waals surface area contributed by atoms with Crippen molar-refractivity contribution in [1.82, 2.24) is 4.90 Å². The number of hydrogen-bond acceptors (Lipinski definition) is 4. The minimum absolute atomic E-state index is 0.254. The molecule has 0 bridgehead atoms.